The molecule has 2 N–H and O–H groups in total. The molecule has 0 radical (unpaired) electrons. The molecule has 2 aromatic carbocycles. The fraction of sp³-hybridized carbons (Fsp3) is 0.0714. The van der Waals surface area contributed by atoms with Crippen LogP contribution in [0.3, 0.4) is 0 Å². The molecule has 3 nitrogen and oxygen atoms in total. The predicted octanol–water partition coefficient (Wildman–Crippen LogP) is 3.28. The highest BCUT2D eigenvalue weighted by molar-refractivity contribution is 5.85. The molecular weight excluding hydrogens is 250 g/mol. The largest absolute Gasteiger partial charge is 0.440 e. The van der Waals surface area contributed by atoms with E-state index in [9.17, 15) is 8.78 Å². The molecule has 1 heterocycles. The molecule has 0 bridgehead atoms. The highest BCUT2D eigenvalue weighted by atomic mass is 19.2. The third-order valence-electron chi connectivity index (χ3n) is 2.83. The maximum Gasteiger partial charge on any atom is 0.199 e. The lowest BCUT2D eigenvalue weighted by molar-refractivity contribution is 0.505. The lowest BCUT2D eigenvalue weighted by Gasteiger charge is -1.98. The van der Waals surface area contributed by atoms with Crippen LogP contribution in [0.4, 0.5) is 14.5 Å². The van der Waals surface area contributed by atoms with E-state index in [0.29, 0.717) is 28.2 Å². The molecule has 0 atom stereocenters. The molecule has 3 aromatic rings. The van der Waals surface area contributed by atoms with Crippen LogP contribution < -0.4 is 5.73 Å². The number of nitrogens with two attached hydrogens (primary N) is 1. The van der Waals surface area contributed by atoms with Crippen LogP contribution in [0.5, 0.6) is 0 Å². The van der Waals surface area contributed by atoms with Crippen molar-refractivity contribution < 1.29 is 13.2 Å². The maximum absolute atomic E-state index is 13.1. The molecule has 0 fully saturated rings. The average molecular weight is 260 g/mol. The van der Waals surface area contributed by atoms with E-state index in [2.05, 4.69) is 4.98 Å². The Labute approximate surface area is 107 Å². The SMILES string of the molecule is Nc1cccc2oc(Cc3ccc(F)c(F)c3)nc12. The molecule has 0 aliphatic heterocycles. The number of para-hydroxylation sites is 1. The van der Waals surface area contributed by atoms with Gasteiger partial charge in [0.05, 0.1) is 5.69 Å². The normalized spacial score (nSPS) is 11.1. The molecule has 0 spiro atoms. The first-order chi connectivity index (χ1) is 9.13. The van der Waals surface area contributed by atoms with Crippen LogP contribution >= 0.6 is 0 Å². The minimum Gasteiger partial charge on any atom is -0.440 e. The predicted molar refractivity (Wildman–Crippen MR) is 67.6 cm³/mol. The van der Waals surface area contributed by atoms with Crippen molar-refractivity contribution in [1.82, 2.24) is 4.98 Å². The van der Waals surface area contributed by atoms with E-state index in [1.807, 2.05) is 0 Å². The molecule has 0 aliphatic carbocycles. The first kappa shape index (κ1) is 11.6. The average Bonchev–Trinajstić information content (AvgIpc) is 2.78. The van der Waals surface area contributed by atoms with Gasteiger partial charge in [-0.2, -0.15) is 0 Å². The number of nitrogen functional groups attached to an aromatic ring is 1. The number of anilines is 1. The summed E-state index contributed by atoms with van der Waals surface area (Å²) in [6.45, 7) is 0. The lowest BCUT2D eigenvalue weighted by atomic mass is 10.1. The van der Waals surface area contributed by atoms with Gasteiger partial charge in [-0.1, -0.05) is 12.1 Å². The first-order valence-corrected chi connectivity index (χ1v) is 5.71. The summed E-state index contributed by atoms with van der Waals surface area (Å²) >= 11 is 0. The highest BCUT2D eigenvalue weighted by Gasteiger charge is 2.10. The van der Waals surface area contributed by atoms with E-state index < -0.39 is 11.6 Å². The number of hydrogen-bond donors (Lipinski definition) is 1. The second kappa shape index (κ2) is 4.35. The molecular formula is C14H10F2N2O. The van der Waals surface area contributed by atoms with Gasteiger partial charge in [0, 0.05) is 6.42 Å². The van der Waals surface area contributed by atoms with Gasteiger partial charge in [-0.3, -0.25) is 0 Å². The quantitative estimate of drug-likeness (QED) is 0.719. The van der Waals surface area contributed by atoms with Gasteiger partial charge in [-0.15, -0.1) is 0 Å². The third kappa shape index (κ3) is 2.14. The summed E-state index contributed by atoms with van der Waals surface area (Å²) in [5.74, 6) is -1.34. The molecule has 19 heavy (non-hydrogen) atoms. The van der Waals surface area contributed by atoms with Gasteiger partial charge in [0.2, 0.25) is 0 Å². The van der Waals surface area contributed by atoms with Crippen molar-refractivity contribution in [2.45, 2.75) is 6.42 Å². The Kier molecular flexibility index (Phi) is 2.67. The second-order valence-electron chi connectivity index (χ2n) is 4.23. The van der Waals surface area contributed by atoms with Gasteiger partial charge >= 0.3 is 0 Å². The minimum atomic E-state index is -0.881. The van der Waals surface area contributed by atoms with Gasteiger partial charge in [0.25, 0.3) is 0 Å². The van der Waals surface area contributed by atoms with E-state index in [1.54, 1.807) is 18.2 Å². The molecule has 5 heteroatoms. The molecule has 0 amide bonds. The number of hydrogen-bond acceptors (Lipinski definition) is 3. The molecule has 3 rings (SSSR count). The number of aromatic nitrogens is 1. The van der Waals surface area contributed by atoms with Crippen LogP contribution in [-0.2, 0) is 6.42 Å². The summed E-state index contributed by atoms with van der Waals surface area (Å²) in [4.78, 5) is 4.25. The van der Waals surface area contributed by atoms with Crippen molar-refractivity contribution in [2.75, 3.05) is 5.73 Å². The van der Waals surface area contributed by atoms with Crippen molar-refractivity contribution >= 4 is 16.8 Å². The summed E-state index contributed by atoms with van der Waals surface area (Å²) in [6, 6.07) is 8.97. The zero-order chi connectivity index (χ0) is 13.4. The van der Waals surface area contributed by atoms with Crippen LogP contribution in [0.2, 0.25) is 0 Å². The Balaban J connectivity index is 1.96. The number of fused-ring (bicyclic) bond motifs is 1. The Morgan fingerprint density at radius 1 is 1.11 bits per heavy atom. The molecule has 1 aromatic heterocycles. The van der Waals surface area contributed by atoms with Crippen molar-refractivity contribution in [2.24, 2.45) is 0 Å². The van der Waals surface area contributed by atoms with Crippen LogP contribution in [0.1, 0.15) is 11.5 Å². The Morgan fingerprint density at radius 2 is 1.95 bits per heavy atom. The number of rotatable bonds is 2. The standard InChI is InChI=1S/C14H10F2N2O/c15-9-5-4-8(6-10(9)16)7-13-18-14-11(17)2-1-3-12(14)19-13/h1-6H,7,17H2. The molecule has 0 saturated heterocycles. The fourth-order valence-corrected chi connectivity index (χ4v) is 1.92. The van der Waals surface area contributed by atoms with Crippen LogP contribution in [-0.4, -0.2) is 4.98 Å². The lowest BCUT2D eigenvalue weighted by Crippen LogP contribution is -1.92. The monoisotopic (exact) mass is 260 g/mol. The van der Waals surface area contributed by atoms with Gasteiger partial charge < -0.3 is 10.2 Å². The smallest absolute Gasteiger partial charge is 0.199 e. The molecule has 0 aliphatic rings. The maximum atomic E-state index is 13.1. The van der Waals surface area contributed by atoms with Gasteiger partial charge in [-0.05, 0) is 29.8 Å². The number of nitrogens with zero attached hydrogens (tertiary/aromatic N) is 1. The summed E-state index contributed by atoms with van der Waals surface area (Å²) in [7, 11) is 0. The minimum absolute atomic E-state index is 0.283. The van der Waals surface area contributed by atoms with E-state index >= 15 is 0 Å². The van der Waals surface area contributed by atoms with Crippen molar-refractivity contribution in [3.05, 3.63) is 59.5 Å². The van der Waals surface area contributed by atoms with Crippen LogP contribution in [0.15, 0.2) is 40.8 Å². The van der Waals surface area contributed by atoms with Crippen LogP contribution in [0, 0.1) is 11.6 Å². The summed E-state index contributed by atoms with van der Waals surface area (Å²) in [5.41, 5.74) is 8.05. The Morgan fingerprint density at radius 3 is 2.68 bits per heavy atom. The van der Waals surface area contributed by atoms with Gasteiger partial charge in [-0.25, -0.2) is 13.8 Å². The number of benzene rings is 2. The summed E-state index contributed by atoms with van der Waals surface area (Å²) in [6.07, 6.45) is 0.283. The van der Waals surface area contributed by atoms with Gasteiger partial charge in [0.15, 0.2) is 23.1 Å². The van der Waals surface area contributed by atoms with Crippen molar-refractivity contribution in [3.63, 3.8) is 0 Å². The Bertz CT molecular complexity index is 752. The van der Waals surface area contributed by atoms with E-state index in [-0.39, 0.29) is 6.42 Å². The zero-order valence-corrected chi connectivity index (χ0v) is 9.86. The van der Waals surface area contributed by atoms with E-state index in [4.69, 9.17) is 10.2 Å². The summed E-state index contributed by atoms with van der Waals surface area (Å²) < 4.78 is 31.4. The fourth-order valence-electron chi connectivity index (χ4n) is 1.92. The van der Waals surface area contributed by atoms with Gasteiger partial charge in [0.1, 0.15) is 5.52 Å². The highest BCUT2D eigenvalue weighted by Crippen LogP contribution is 2.22. The second-order valence-corrected chi connectivity index (χ2v) is 4.23. The van der Waals surface area contributed by atoms with Crippen molar-refractivity contribution in [1.29, 1.82) is 0 Å². The van der Waals surface area contributed by atoms with Crippen molar-refractivity contribution in [3.8, 4) is 0 Å². The molecule has 0 saturated carbocycles. The summed E-state index contributed by atoms with van der Waals surface area (Å²) in [5, 5.41) is 0. The number of halogens is 2. The third-order valence-corrected chi connectivity index (χ3v) is 2.83. The first-order valence-electron chi connectivity index (χ1n) is 5.71. The zero-order valence-electron chi connectivity index (χ0n) is 9.86. The Hall–Kier alpha value is -2.43. The van der Waals surface area contributed by atoms with Crippen LogP contribution in [0.25, 0.3) is 11.1 Å². The molecule has 96 valence electrons. The number of oxazole rings is 1. The molecule has 0 unspecified atom stereocenters. The van der Waals surface area contributed by atoms with E-state index in [0.717, 1.165) is 12.1 Å². The van der Waals surface area contributed by atoms with E-state index in [1.165, 1.54) is 6.07 Å². The topological polar surface area (TPSA) is 52.0 Å².